The maximum Gasteiger partial charge on any atom is 0.410 e. The normalized spacial score (nSPS) is 25.3. The van der Waals surface area contributed by atoms with Crippen LogP contribution in [0.1, 0.15) is 60.9 Å². The van der Waals surface area contributed by atoms with E-state index in [1.165, 1.54) is 6.26 Å². The summed E-state index contributed by atoms with van der Waals surface area (Å²) in [7, 11) is 0. The molecule has 0 aromatic carbocycles. The molecule has 2 aromatic rings. The first kappa shape index (κ1) is 19.2. The van der Waals surface area contributed by atoms with Gasteiger partial charge in [-0.15, -0.1) is 0 Å². The molecule has 3 unspecified atom stereocenters. The molecule has 3 atom stereocenters. The average Bonchev–Trinajstić information content (AvgIpc) is 3.29. The maximum atomic E-state index is 13.7. The number of furan rings is 1. The van der Waals surface area contributed by atoms with Crippen molar-refractivity contribution in [2.45, 2.75) is 56.9 Å². The summed E-state index contributed by atoms with van der Waals surface area (Å²) in [4.78, 5) is 14.6. The summed E-state index contributed by atoms with van der Waals surface area (Å²) in [6.45, 7) is 2.47. The summed E-state index contributed by atoms with van der Waals surface area (Å²) >= 11 is 6.35. The van der Waals surface area contributed by atoms with E-state index in [2.05, 4.69) is 10.4 Å². The molecule has 6 nitrogen and oxygen atoms in total. The van der Waals surface area contributed by atoms with Crippen LogP contribution in [0.2, 0.25) is 5.02 Å². The maximum absolute atomic E-state index is 13.7. The van der Waals surface area contributed by atoms with Gasteiger partial charge in [-0.2, -0.15) is 18.3 Å². The highest BCUT2D eigenvalue weighted by Crippen LogP contribution is 2.46. The van der Waals surface area contributed by atoms with E-state index in [1.807, 2.05) is 6.92 Å². The van der Waals surface area contributed by atoms with Gasteiger partial charge in [0.1, 0.15) is 16.6 Å². The number of amides is 1. The van der Waals surface area contributed by atoms with Crippen LogP contribution in [0.15, 0.2) is 22.8 Å². The monoisotopic (exact) mass is 416 g/mol. The standard InChI is InChI=1S/C18H20ClF3N4O2/c1-10-5-2-3-7-25(10)17(27)15-14(19)16-23-11(12-6-4-8-28-12)9-13(18(20,21)22)26(16)24-15/h4,6,8,10-11,13,23H,2-3,5,7,9H2,1H3. The van der Waals surface area contributed by atoms with Crippen LogP contribution in [0.25, 0.3) is 0 Å². The Morgan fingerprint density at radius 3 is 2.82 bits per heavy atom. The largest absolute Gasteiger partial charge is 0.467 e. The zero-order valence-corrected chi connectivity index (χ0v) is 15.9. The smallest absolute Gasteiger partial charge is 0.410 e. The number of halogens is 4. The molecule has 10 heteroatoms. The Morgan fingerprint density at radius 1 is 1.39 bits per heavy atom. The second kappa shape index (κ2) is 7.02. The van der Waals surface area contributed by atoms with Crippen molar-refractivity contribution < 1.29 is 22.4 Å². The van der Waals surface area contributed by atoms with Gasteiger partial charge in [0.25, 0.3) is 5.91 Å². The molecule has 152 valence electrons. The van der Waals surface area contributed by atoms with E-state index in [0.29, 0.717) is 12.3 Å². The highest BCUT2D eigenvalue weighted by Gasteiger charge is 2.48. The van der Waals surface area contributed by atoms with Crippen LogP contribution in [-0.2, 0) is 0 Å². The second-order valence-corrected chi connectivity index (χ2v) is 7.68. The predicted molar refractivity (Wildman–Crippen MR) is 96.4 cm³/mol. The molecule has 2 aromatic heterocycles. The van der Waals surface area contributed by atoms with Gasteiger partial charge >= 0.3 is 6.18 Å². The van der Waals surface area contributed by atoms with Crippen LogP contribution in [0, 0.1) is 0 Å². The lowest BCUT2D eigenvalue weighted by Crippen LogP contribution is -2.42. The molecule has 1 amide bonds. The Hall–Kier alpha value is -2.16. The number of aromatic nitrogens is 2. The molecule has 1 N–H and O–H groups in total. The van der Waals surface area contributed by atoms with Crippen molar-refractivity contribution >= 4 is 23.3 Å². The van der Waals surface area contributed by atoms with Crippen LogP contribution in [0.3, 0.4) is 0 Å². The Bertz CT molecular complexity index is 865. The van der Waals surface area contributed by atoms with Gasteiger partial charge in [-0.25, -0.2) is 4.68 Å². The van der Waals surface area contributed by atoms with E-state index in [-0.39, 0.29) is 29.0 Å². The Balaban J connectivity index is 1.73. The van der Waals surface area contributed by atoms with Crippen molar-refractivity contribution in [2.75, 3.05) is 11.9 Å². The van der Waals surface area contributed by atoms with E-state index < -0.39 is 24.2 Å². The van der Waals surface area contributed by atoms with Crippen molar-refractivity contribution in [3.8, 4) is 0 Å². The number of carbonyl (C=O) groups is 1. The van der Waals surface area contributed by atoms with Gasteiger partial charge in [0.2, 0.25) is 0 Å². The number of hydrogen-bond acceptors (Lipinski definition) is 4. The molecule has 0 bridgehead atoms. The Labute approximate surface area is 164 Å². The van der Waals surface area contributed by atoms with Crippen molar-refractivity contribution in [1.29, 1.82) is 0 Å². The molecule has 2 aliphatic heterocycles. The van der Waals surface area contributed by atoms with Crippen LogP contribution < -0.4 is 5.32 Å². The molecule has 0 aliphatic carbocycles. The Kier molecular flexibility index (Phi) is 4.81. The molecule has 1 saturated heterocycles. The van der Waals surface area contributed by atoms with Gasteiger partial charge in [0.05, 0.1) is 12.3 Å². The molecule has 2 aliphatic rings. The van der Waals surface area contributed by atoms with E-state index >= 15 is 0 Å². The number of anilines is 1. The van der Waals surface area contributed by atoms with Gasteiger partial charge in [-0.05, 0) is 38.3 Å². The third-order valence-electron chi connectivity index (χ3n) is 5.45. The Morgan fingerprint density at radius 2 is 2.18 bits per heavy atom. The van der Waals surface area contributed by atoms with Crippen LogP contribution in [-0.4, -0.2) is 39.4 Å². The van der Waals surface area contributed by atoms with Crippen molar-refractivity contribution in [3.05, 3.63) is 34.9 Å². The zero-order chi connectivity index (χ0) is 20.1. The van der Waals surface area contributed by atoms with Crippen molar-refractivity contribution in [3.63, 3.8) is 0 Å². The summed E-state index contributed by atoms with van der Waals surface area (Å²) in [5.74, 6) is -0.0728. The van der Waals surface area contributed by atoms with E-state index in [4.69, 9.17) is 16.0 Å². The van der Waals surface area contributed by atoms with Crippen LogP contribution >= 0.6 is 11.6 Å². The highest BCUT2D eigenvalue weighted by atomic mass is 35.5. The summed E-state index contributed by atoms with van der Waals surface area (Å²) in [5.41, 5.74) is -0.146. The molecule has 1 fully saturated rings. The molecule has 0 spiro atoms. The van der Waals surface area contributed by atoms with Gasteiger partial charge in [-0.3, -0.25) is 4.79 Å². The average molecular weight is 417 g/mol. The summed E-state index contributed by atoms with van der Waals surface area (Å²) in [6.07, 6.45) is -0.738. The van der Waals surface area contributed by atoms with Crippen molar-refractivity contribution in [1.82, 2.24) is 14.7 Å². The third-order valence-corrected chi connectivity index (χ3v) is 5.81. The lowest BCUT2D eigenvalue weighted by atomic mass is 10.0. The summed E-state index contributed by atoms with van der Waals surface area (Å²) in [6, 6.07) is 0.585. The summed E-state index contributed by atoms with van der Waals surface area (Å²) < 4.78 is 47.3. The second-order valence-electron chi connectivity index (χ2n) is 7.30. The van der Waals surface area contributed by atoms with Gasteiger partial charge < -0.3 is 14.6 Å². The molecular formula is C18H20ClF3N4O2. The fourth-order valence-corrected chi connectivity index (χ4v) is 4.20. The van der Waals surface area contributed by atoms with E-state index in [9.17, 15) is 18.0 Å². The quantitative estimate of drug-likeness (QED) is 0.763. The van der Waals surface area contributed by atoms with Gasteiger partial charge in [-0.1, -0.05) is 11.6 Å². The lowest BCUT2D eigenvalue weighted by Gasteiger charge is -2.33. The number of nitrogens with zero attached hydrogens (tertiary/aromatic N) is 3. The molecule has 28 heavy (non-hydrogen) atoms. The SMILES string of the molecule is CC1CCCCN1C(=O)c1nn2c(c1Cl)NC(c1ccco1)CC2C(F)(F)F. The minimum atomic E-state index is -4.55. The number of hydrogen-bond donors (Lipinski definition) is 1. The predicted octanol–water partition coefficient (Wildman–Crippen LogP) is 4.80. The third kappa shape index (κ3) is 3.25. The first-order valence-electron chi connectivity index (χ1n) is 9.23. The van der Waals surface area contributed by atoms with Crippen molar-refractivity contribution in [2.24, 2.45) is 0 Å². The molecule has 0 radical (unpaired) electrons. The number of rotatable bonds is 2. The fourth-order valence-electron chi connectivity index (χ4n) is 3.94. The van der Waals surface area contributed by atoms with Gasteiger partial charge in [0.15, 0.2) is 11.7 Å². The summed E-state index contributed by atoms with van der Waals surface area (Å²) in [5, 5.41) is 6.88. The molecule has 0 saturated carbocycles. The minimum Gasteiger partial charge on any atom is -0.467 e. The minimum absolute atomic E-state index is 0.00159. The lowest BCUT2D eigenvalue weighted by molar-refractivity contribution is -0.174. The number of alkyl halides is 3. The number of nitrogens with one attached hydrogen (secondary N) is 1. The first-order valence-corrected chi connectivity index (χ1v) is 9.60. The fraction of sp³-hybridized carbons (Fsp3) is 0.556. The topological polar surface area (TPSA) is 63.3 Å². The highest BCUT2D eigenvalue weighted by molar-refractivity contribution is 6.36. The number of piperidine rings is 1. The number of likely N-dealkylation sites (tertiary alicyclic amines) is 1. The molecular weight excluding hydrogens is 397 g/mol. The van der Waals surface area contributed by atoms with E-state index in [1.54, 1.807) is 17.0 Å². The van der Waals surface area contributed by atoms with Crippen LogP contribution in [0.5, 0.6) is 0 Å². The van der Waals surface area contributed by atoms with Crippen LogP contribution in [0.4, 0.5) is 19.0 Å². The zero-order valence-electron chi connectivity index (χ0n) is 15.2. The number of carbonyl (C=O) groups excluding carboxylic acids is 1. The molecule has 4 rings (SSSR count). The first-order chi connectivity index (χ1) is 13.3. The van der Waals surface area contributed by atoms with E-state index in [0.717, 1.165) is 23.9 Å². The molecule has 4 heterocycles. The van der Waals surface area contributed by atoms with Gasteiger partial charge in [0, 0.05) is 19.0 Å². The number of fused-ring (bicyclic) bond motifs is 1.